The zero-order valence-corrected chi connectivity index (χ0v) is 13.1. The molecule has 0 aliphatic rings. The van der Waals surface area contributed by atoms with Crippen LogP contribution in [-0.4, -0.2) is 11.2 Å². The Labute approximate surface area is 125 Å². The molecule has 0 unspecified atom stereocenters. The van der Waals surface area contributed by atoms with E-state index in [2.05, 4.69) is 13.8 Å². The van der Waals surface area contributed by atoms with Gasteiger partial charge in [0.1, 0.15) is 5.82 Å². The lowest BCUT2D eigenvalue weighted by Crippen LogP contribution is -2.28. The van der Waals surface area contributed by atoms with Crippen molar-refractivity contribution >= 4 is 24.0 Å². The molecule has 1 aromatic carbocycles. The van der Waals surface area contributed by atoms with Crippen LogP contribution in [0, 0.1) is 18.7 Å². The average Bonchev–Trinajstić information content (AvgIpc) is 2.31. The van der Waals surface area contributed by atoms with E-state index < -0.39 is 18.0 Å². The van der Waals surface area contributed by atoms with Crippen molar-refractivity contribution in [2.24, 2.45) is 11.7 Å². The molecule has 0 fully saturated rings. The van der Waals surface area contributed by atoms with Gasteiger partial charge in [0.2, 0.25) is 0 Å². The Bertz CT molecular complexity index is 413. The van der Waals surface area contributed by atoms with E-state index in [1.165, 1.54) is 6.07 Å². The lowest BCUT2D eigenvalue weighted by molar-refractivity contribution is 0.127. The third-order valence-corrected chi connectivity index (χ3v) is 3.61. The minimum absolute atomic E-state index is 0. The van der Waals surface area contributed by atoms with Gasteiger partial charge < -0.3 is 10.8 Å². The molecule has 3 N–H and O–H groups in total. The highest BCUT2D eigenvalue weighted by Gasteiger charge is 2.23. The Morgan fingerprint density at radius 3 is 2.42 bits per heavy atom. The van der Waals surface area contributed by atoms with E-state index in [4.69, 9.17) is 17.3 Å². The number of rotatable bonds is 5. The summed E-state index contributed by atoms with van der Waals surface area (Å²) in [6, 6.07) is 2.16. The summed E-state index contributed by atoms with van der Waals surface area (Å²) >= 11 is 6.07. The molecule has 1 aromatic rings. The first kappa shape index (κ1) is 18.7. The maximum Gasteiger partial charge on any atom is 0.129 e. The summed E-state index contributed by atoms with van der Waals surface area (Å²) in [6.45, 7) is 5.93. The predicted molar refractivity (Wildman–Crippen MR) is 80.4 cm³/mol. The highest BCUT2D eigenvalue weighted by atomic mass is 35.5. The van der Waals surface area contributed by atoms with E-state index >= 15 is 0 Å². The number of hydrogen-bond acceptors (Lipinski definition) is 2. The van der Waals surface area contributed by atoms with Crippen LogP contribution in [0.1, 0.15) is 43.9 Å². The lowest BCUT2D eigenvalue weighted by Gasteiger charge is -2.22. The third-order valence-electron chi connectivity index (χ3n) is 3.11. The molecule has 0 heterocycles. The van der Waals surface area contributed by atoms with Crippen LogP contribution in [0.3, 0.4) is 0 Å². The SMILES string of the molecule is Cc1ccc(F)c([C@@H](N)[C@@H](O)CCC(C)C)c1Cl.Cl. The summed E-state index contributed by atoms with van der Waals surface area (Å²) in [5.74, 6) is 0.0198. The van der Waals surface area contributed by atoms with Crippen molar-refractivity contribution in [3.05, 3.63) is 34.1 Å². The summed E-state index contributed by atoms with van der Waals surface area (Å²) in [7, 11) is 0. The van der Waals surface area contributed by atoms with E-state index in [0.29, 0.717) is 17.4 Å². The highest BCUT2D eigenvalue weighted by Crippen LogP contribution is 2.30. The maximum atomic E-state index is 13.8. The Kier molecular flexibility index (Phi) is 7.90. The van der Waals surface area contributed by atoms with Gasteiger partial charge in [-0.25, -0.2) is 4.39 Å². The highest BCUT2D eigenvalue weighted by molar-refractivity contribution is 6.32. The molecular formula is C14H22Cl2FNO. The van der Waals surface area contributed by atoms with Crippen LogP contribution in [-0.2, 0) is 0 Å². The van der Waals surface area contributed by atoms with E-state index in [0.717, 1.165) is 12.0 Å². The van der Waals surface area contributed by atoms with Gasteiger partial charge in [0.25, 0.3) is 0 Å². The summed E-state index contributed by atoms with van der Waals surface area (Å²) in [6.07, 6.45) is 0.615. The topological polar surface area (TPSA) is 46.2 Å². The van der Waals surface area contributed by atoms with Crippen LogP contribution >= 0.6 is 24.0 Å². The molecule has 0 spiro atoms. The van der Waals surface area contributed by atoms with Crippen LogP contribution in [0.5, 0.6) is 0 Å². The van der Waals surface area contributed by atoms with Crippen LogP contribution in [0.4, 0.5) is 4.39 Å². The summed E-state index contributed by atoms with van der Waals surface area (Å²) in [5.41, 5.74) is 6.90. The fraction of sp³-hybridized carbons (Fsp3) is 0.571. The number of aryl methyl sites for hydroxylation is 1. The minimum Gasteiger partial charge on any atom is -0.391 e. The van der Waals surface area contributed by atoms with Gasteiger partial charge >= 0.3 is 0 Å². The summed E-state index contributed by atoms with van der Waals surface area (Å²) < 4.78 is 13.8. The zero-order valence-electron chi connectivity index (χ0n) is 11.5. The molecular weight excluding hydrogens is 288 g/mol. The molecule has 1 rings (SSSR count). The van der Waals surface area contributed by atoms with Gasteiger partial charge in [-0.2, -0.15) is 0 Å². The summed E-state index contributed by atoms with van der Waals surface area (Å²) in [5, 5.41) is 10.3. The van der Waals surface area contributed by atoms with Crippen molar-refractivity contribution < 1.29 is 9.50 Å². The van der Waals surface area contributed by atoms with Crippen molar-refractivity contribution in [2.75, 3.05) is 0 Å². The molecule has 0 saturated heterocycles. The van der Waals surface area contributed by atoms with Crippen molar-refractivity contribution in [2.45, 2.75) is 45.8 Å². The number of aliphatic hydroxyl groups is 1. The molecule has 0 amide bonds. The fourth-order valence-electron chi connectivity index (χ4n) is 1.86. The van der Waals surface area contributed by atoms with Gasteiger partial charge in [-0.15, -0.1) is 12.4 Å². The molecule has 0 bridgehead atoms. The van der Waals surface area contributed by atoms with E-state index in [9.17, 15) is 9.50 Å². The third kappa shape index (κ3) is 4.92. The first-order valence-corrected chi connectivity index (χ1v) is 6.60. The number of benzene rings is 1. The molecule has 0 aliphatic carbocycles. The van der Waals surface area contributed by atoms with Crippen molar-refractivity contribution in [3.8, 4) is 0 Å². The lowest BCUT2D eigenvalue weighted by atomic mass is 9.94. The molecule has 0 radical (unpaired) electrons. The fourth-order valence-corrected chi connectivity index (χ4v) is 2.14. The zero-order chi connectivity index (χ0) is 13.9. The second kappa shape index (κ2) is 8.05. The number of hydrogen-bond donors (Lipinski definition) is 2. The Hall–Kier alpha value is -0.350. The first-order valence-electron chi connectivity index (χ1n) is 6.22. The Morgan fingerprint density at radius 1 is 1.32 bits per heavy atom. The van der Waals surface area contributed by atoms with Gasteiger partial charge in [0.05, 0.1) is 17.2 Å². The van der Waals surface area contributed by atoms with Gasteiger partial charge in [-0.3, -0.25) is 0 Å². The van der Waals surface area contributed by atoms with Crippen LogP contribution in [0.15, 0.2) is 12.1 Å². The number of aliphatic hydroxyl groups excluding tert-OH is 1. The Morgan fingerprint density at radius 2 is 1.89 bits per heavy atom. The van der Waals surface area contributed by atoms with Crippen LogP contribution in [0.2, 0.25) is 5.02 Å². The van der Waals surface area contributed by atoms with E-state index in [1.807, 2.05) is 0 Å². The smallest absolute Gasteiger partial charge is 0.129 e. The van der Waals surface area contributed by atoms with Gasteiger partial charge in [-0.05, 0) is 37.3 Å². The molecule has 0 aromatic heterocycles. The molecule has 2 nitrogen and oxygen atoms in total. The second-order valence-electron chi connectivity index (χ2n) is 5.16. The number of nitrogens with two attached hydrogens (primary N) is 1. The average molecular weight is 310 g/mol. The molecule has 0 saturated carbocycles. The second-order valence-corrected chi connectivity index (χ2v) is 5.53. The largest absolute Gasteiger partial charge is 0.391 e. The minimum atomic E-state index is -0.781. The molecule has 5 heteroatoms. The summed E-state index contributed by atoms with van der Waals surface area (Å²) in [4.78, 5) is 0. The van der Waals surface area contributed by atoms with E-state index in [-0.39, 0.29) is 18.0 Å². The van der Waals surface area contributed by atoms with E-state index in [1.54, 1.807) is 13.0 Å². The van der Waals surface area contributed by atoms with Gasteiger partial charge in [-0.1, -0.05) is 31.5 Å². The predicted octanol–water partition coefficient (Wildman–Crippen LogP) is 4.01. The number of halogens is 3. The van der Waals surface area contributed by atoms with Crippen molar-refractivity contribution in [1.29, 1.82) is 0 Å². The molecule has 0 aliphatic heterocycles. The normalized spacial score (nSPS) is 14.1. The quantitative estimate of drug-likeness (QED) is 0.863. The molecule has 110 valence electrons. The van der Waals surface area contributed by atoms with Gasteiger partial charge in [0.15, 0.2) is 0 Å². The standard InChI is InChI=1S/C14H21ClFNO.ClH/c1-8(2)4-7-11(18)14(17)12-10(16)6-5-9(3)13(12)15;/h5-6,8,11,14,18H,4,7,17H2,1-3H3;1H/t11-,14-;/m0./s1. The molecule has 19 heavy (non-hydrogen) atoms. The maximum absolute atomic E-state index is 13.8. The van der Waals surface area contributed by atoms with Crippen LogP contribution < -0.4 is 5.73 Å². The molecule has 2 atom stereocenters. The Balaban J connectivity index is 0.00000324. The monoisotopic (exact) mass is 309 g/mol. The van der Waals surface area contributed by atoms with Crippen molar-refractivity contribution in [3.63, 3.8) is 0 Å². The van der Waals surface area contributed by atoms with Crippen molar-refractivity contribution in [1.82, 2.24) is 0 Å². The van der Waals surface area contributed by atoms with Gasteiger partial charge in [0, 0.05) is 5.56 Å². The first-order chi connectivity index (χ1) is 8.34. The van der Waals surface area contributed by atoms with Crippen LogP contribution in [0.25, 0.3) is 0 Å².